The van der Waals surface area contributed by atoms with E-state index in [1.54, 1.807) is 0 Å². The monoisotopic (exact) mass is 364 g/mol. The van der Waals surface area contributed by atoms with E-state index in [0.717, 1.165) is 49.7 Å². The molecule has 1 saturated carbocycles. The van der Waals surface area contributed by atoms with Gasteiger partial charge in [-0.2, -0.15) is 0 Å². The van der Waals surface area contributed by atoms with Crippen LogP contribution in [0.25, 0.3) is 0 Å². The van der Waals surface area contributed by atoms with Gasteiger partial charge in [0.2, 0.25) is 5.91 Å². The first-order chi connectivity index (χ1) is 10.5. The van der Waals surface area contributed by atoms with Crippen molar-refractivity contribution in [2.45, 2.75) is 44.4 Å². The van der Waals surface area contributed by atoms with Crippen molar-refractivity contribution < 1.29 is 4.79 Å². The third-order valence-electron chi connectivity index (χ3n) is 5.58. The van der Waals surface area contributed by atoms with E-state index in [-0.39, 0.29) is 10.8 Å². The van der Waals surface area contributed by atoms with Crippen molar-refractivity contribution in [1.82, 2.24) is 4.90 Å². The average Bonchev–Trinajstić information content (AvgIpc) is 3.15. The van der Waals surface area contributed by atoms with Crippen LogP contribution in [0.5, 0.6) is 0 Å². The molecule has 1 atom stereocenters. The summed E-state index contributed by atoms with van der Waals surface area (Å²) in [5.41, 5.74) is 6.85. The predicted molar refractivity (Wildman–Crippen MR) is 92.6 cm³/mol. The first kappa shape index (κ1) is 16.0. The molecule has 1 heterocycles. The molecule has 2 fully saturated rings. The van der Waals surface area contributed by atoms with Gasteiger partial charge < -0.3 is 10.6 Å². The van der Waals surface area contributed by atoms with Crippen LogP contribution in [0.3, 0.4) is 0 Å². The summed E-state index contributed by atoms with van der Waals surface area (Å²) < 4.78 is 1.05. The number of carbonyl (C=O) groups is 1. The molecule has 0 radical (unpaired) electrons. The lowest BCUT2D eigenvalue weighted by Gasteiger charge is -2.34. The molecule has 1 saturated heterocycles. The van der Waals surface area contributed by atoms with Crippen molar-refractivity contribution >= 4 is 21.8 Å². The van der Waals surface area contributed by atoms with Crippen molar-refractivity contribution in [2.75, 3.05) is 19.6 Å². The van der Waals surface area contributed by atoms with Crippen molar-refractivity contribution in [3.63, 3.8) is 0 Å². The van der Waals surface area contributed by atoms with Crippen LogP contribution in [0.4, 0.5) is 0 Å². The van der Waals surface area contributed by atoms with Crippen LogP contribution in [-0.4, -0.2) is 30.4 Å². The minimum Gasteiger partial charge on any atom is -0.341 e. The van der Waals surface area contributed by atoms with Gasteiger partial charge >= 0.3 is 0 Å². The van der Waals surface area contributed by atoms with Crippen LogP contribution in [0.2, 0.25) is 0 Å². The standard InChI is InChI=1S/C18H25BrN2O/c1-17(12-20)9-10-21(13-17)16(22)18(7-2-3-8-18)14-5-4-6-15(19)11-14/h4-6,11H,2-3,7-10,12-13,20H2,1H3. The number of nitrogens with two attached hydrogens (primary N) is 1. The number of likely N-dealkylation sites (tertiary alicyclic amines) is 1. The quantitative estimate of drug-likeness (QED) is 0.892. The molecular weight excluding hydrogens is 340 g/mol. The van der Waals surface area contributed by atoms with Gasteiger partial charge in [0, 0.05) is 17.6 Å². The number of amides is 1. The average molecular weight is 365 g/mol. The van der Waals surface area contributed by atoms with E-state index in [4.69, 9.17) is 5.73 Å². The lowest BCUT2D eigenvalue weighted by Crippen LogP contribution is -2.45. The zero-order valence-corrected chi connectivity index (χ0v) is 14.9. The van der Waals surface area contributed by atoms with Crippen molar-refractivity contribution in [3.05, 3.63) is 34.3 Å². The van der Waals surface area contributed by atoms with Gasteiger partial charge in [-0.25, -0.2) is 0 Å². The van der Waals surface area contributed by atoms with Crippen molar-refractivity contribution in [3.8, 4) is 0 Å². The highest BCUT2D eigenvalue weighted by Gasteiger charge is 2.47. The van der Waals surface area contributed by atoms with Gasteiger partial charge in [-0.1, -0.05) is 47.8 Å². The second-order valence-electron chi connectivity index (χ2n) is 7.29. The van der Waals surface area contributed by atoms with Gasteiger partial charge in [-0.15, -0.1) is 0 Å². The SMILES string of the molecule is CC1(CN)CCN(C(=O)C2(c3cccc(Br)c3)CCCC2)C1. The third-order valence-corrected chi connectivity index (χ3v) is 6.07. The van der Waals surface area contributed by atoms with Crippen LogP contribution < -0.4 is 5.73 Å². The molecule has 1 aliphatic heterocycles. The van der Waals surface area contributed by atoms with Gasteiger partial charge in [-0.3, -0.25) is 4.79 Å². The number of hydrogen-bond acceptors (Lipinski definition) is 2. The highest BCUT2D eigenvalue weighted by molar-refractivity contribution is 9.10. The molecule has 1 amide bonds. The normalized spacial score (nSPS) is 27.3. The molecule has 22 heavy (non-hydrogen) atoms. The molecule has 1 unspecified atom stereocenters. The first-order valence-corrected chi connectivity index (χ1v) is 9.04. The Morgan fingerprint density at radius 2 is 2.05 bits per heavy atom. The molecule has 2 N–H and O–H groups in total. The fourth-order valence-electron chi connectivity index (χ4n) is 4.06. The molecule has 0 spiro atoms. The summed E-state index contributed by atoms with van der Waals surface area (Å²) in [7, 11) is 0. The molecular formula is C18H25BrN2O. The Morgan fingerprint density at radius 3 is 2.64 bits per heavy atom. The fraction of sp³-hybridized carbons (Fsp3) is 0.611. The summed E-state index contributed by atoms with van der Waals surface area (Å²) in [6, 6.07) is 8.31. The van der Waals surface area contributed by atoms with Crippen LogP contribution >= 0.6 is 15.9 Å². The predicted octanol–water partition coefficient (Wildman–Crippen LogP) is 3.46. The Balaban J connectivity index is 1.90. The van der Waals surface area contributed by atoms with E-state index >= 15 is 0 Å². The number of rotatable bonds is 3. The molecule has 1 aromatic carbocycles. The molecule has 2 aliphatic rings. The van der Waals surface area contributed by atoms with E-state index in [9.17, 15) is 4.79 Å². The minimum atomic E-state index is -0.316. The second kappa shape index (κ2) is 5.97. The van der Waals surface area contributed by atoms with Crippen molar-refractivity contribution in [1.29, 1.82) is 0 Å². The van der Waals surface area contributed by atoms with E-state index in [0.29, 0.717) is 12.5 Å². The van der Waals surface area contributed by atoms with Crippen LogP contribution in [-0.2, 0) is 10.2 Å². The summed E-state index contributed by atoms with van der Waals surface area (Å²) in [6.45, 7) is 4.50. The molecule has 0 aromatic heterocycles. The first-order valence-electron chi connectivity index (χ1n) is 8.25. The maximum Gasteiger partial charge on any atom is 0.233 e. The largest absolute Gasteiger partial charge is 0.341 e. The highest BCUT2D eigenvalue weighted by Crippen LogP contribution is 2.44. The van der Waals surface area contributed by atoms with E-state index in [1.165, 1.54) is 5.56 Å². The Bertz CT molecular complexity index is 568. The third kappa shape index (κ3) is 2.71. The zero-order valence-electron chi connectivity index (χ0n) is 13.3. The van der Waals surface area contributed by atoms with Gasteiger partial charge in [0.1, 0.15) is 0 Å². The lowest BCUT2D eigenvalue weighted by atomic mass is 9.77. The number of halogens is 1. The Morgan fingerprint density at radius 1 is 1.32 bits per heavy atom. The van der Waals surface area contributed by atoms with Crippen molar-refractivity contribution in [2.24, 2.45) is 11.1 Å². The maximum absolute atomic E-state index is 13.4. The number of carbonyl (C=O) groups excluding carboxylic acids is 1. The number of hydrogen-bond donors (Lipinski definition) is 1. The van der Waals surface area contributed by atoms with E-state index < -0.39 is 0 Å². The maximum atomic E-state index is 13.4. The zero-order chi connectivity index (χ0) is 15.8. The Hall–Kier alpha value is -0.870. The molecule has 0 bridgehead atoms. The summed E-state index contributed by atoms with van der Waals surface area (Å²) in [5.74, 6) is 0.320. The minimum absolute atomic E-state index is 0.0900. The molecule has 120 valence electrons. The van der Waals surface area contributed by atoms with Crippen LogP contribution in [0.15, 0.2) is 28.7 Å². The molecule has 1 aromatic rings. The van der Waals surface area contributed by atoms with Gasteiger partial charge in [0.05, 0.1) is 5.41 Å². The Labute approximate surface area is 141 Å². The summed E-state index contributed by atoms with van der Waals surface area (Å²) in [4.78, 5) is 15.4. The Kier molecular flexibility index (Phi) is 4.34. The smallest absolute Gasteiger partial charge is 0.233 e. The van der Waals surface area contributed by atoms with E-state index in [1.807, 2.05) is 12.1 Å². The summed E-state index contributed by atoms with van der Waals surface area (Å²) in [5, 5.41) is 0. The van der Waals surface area contributed by atoms with E-state index in [2.05, 4.69) is 39.9 Å². The highest BCUT2D eigenvalue weighted by atomic mass is 79.9. The molecule has 3 rings (SSSR count). The molecule has 4 heteroatoms. The molecule has 1 aliphatic carbocycles. The fourth-order valence-corrected chi connectivity index (χ4v) is 4.46. The summed E-state index contributed by atoms with van der Waals surface area (Å²) in [6.07, 6.45) is 5.24. The topological polar surface area (TPSA) is 46.3 Å². The summed E-state index contributed by atoms with van der Waals surface area (Å²) >= 11 is 3.55. The van der Waals surface area contributed by atoms with Crippen LogP contribution in [0.1, 0.15) is 44.6 Å². The second-order valence-corrected chi connectivity index (χ2v) is 8.21. The van der Waals surface area contributed by atoms with Crippen LogP contribution in [0, 0.1) is 5.41 Å². The van der Waals surface area contributed by atoms with Gasteiger partial charge in [0.25, 0.3) is 0 Å². The molecule has 3 nitrogen and oxygen atoms in total. The van der Waals surface area contributed by atoms with Gasteiger partial charge in [-0.05, 0) is 48.9 Å². The number of benzene rings is 1. The number of nitrogens with zero attached hydrogens (tertiary/aromatic N) is 1. The van der Waals surface area contributed by atoms with Gasteiger partial charge in [0.15, 0.2) is 0 Å². The lowest BCUT2D eigenvalue weighted by molar-refractivity contribution is -0.136.